The number of carboxylic acids is 1. The average Bonchev–Trinajstić information content (AvgIpc) is 3.31. The molecule has 0 amide bonds. The Labute approximate surface area is 222 Å². The smallest absolute Gasteiger partial charge is 0.460 e. The lowest BCUT2D eigenvalue weighted by molar-refractivity contribution is -0.457. The molecule has 0 aromatic heterocycles. The summed E-state index contributed by atoms with van der Waals surface area (Å²) in [7, 11) is -7.03. The largest absolute Gasteiger partial charge is 0.481 e. The van der Waals surface area contributed by atoms with Crippen LogP contribution >= 0.6 is 0 Å². The van der Waals surface area contributed by atoms with E-state index in [1.165, 1.54) is 27.7 Å². The molecule has 20 heteroatoms. The lowest BCUT2D eigenvalue weighted by atomic mass is 10.1. The number of carbonyl (C=O) groups is 1. The SMILES string of the molecule is CC1(C)OC2[C@@H](O1)O[C@]1(COC(C)(C)O1)[C@@H]2OS(=O)(=O)C(F)(F)C(F)(F)OC(F)(F)C(F)(F)CCCCC(=O)O. The van der Waals surface area contributed by atoms with E-state index in [9.17, 15) is 48.3 Å². The third-order valence-corrected chi connectivity index (χ3v) is 7.20. The van der Waals surface area contributed by atoms with Gasteiger partial charge in [-0.2, -0.15) is 43.5 Å². The van der Waals surface area contributed by atoms with Gasteiger partial charge in [-0.25, -0.2) is 4.74 Å². The van der Waals surface area contributed by atoms with Gasteiger partial charge < -0.3 is 28.8 Å². The highest BCUT2D eigenvalue weighted by molar-refractivity contribution is 7.87. The monoisotopic (exact) mass is 626 g/mol. The zero-order valence-electron chi connectivity index (χ0n) is 21.2. The molecule has 40 heavy (non-hydrogen) atoms. The molecule has 3 fully saturated rings. The van der Waals surface area contributed by atoms with Crippen LogP contribution in [0.15, 0.2) is 0 Å². The average molecular weight is 626 g/mol. The molecule has 3 heterocycles. The van der Waals surface area contributed by atoms with Crippen LogP contribution in [0.1, 0.15) is 53.4 Å². The van der Waals surface area contributed by atoms with Crippen molar-refractivity contribution in [3.05, 3.63) is 0 Å². The first-order valence-corrected chi connectivity index (χ1v) is 12.9. The van der Waals surface area contributed by atoms with Gasteiger partial charge in [0, 0.05) is 12.8 Å². The Balaban J connectivity index is 1.84. The van der Waals surface area contributed by atoms with Gasteiger partial charge in [0.05, 0.1) is 0 Å². The number of carboxylic acid groups (broad SMARTS) is 1. The van der Waals surface area contributed by atoms with Gasteiger partial charge in [-0.05, 0) is 40.5 Å². The zero-order chi connectivity index (χ0) is 30.8. The van der Waals surface area contributed by atoms with E-state index in [1.54, 1.807) is 0 Å². The van der Waals surface area contributed by atoms with E-state index in [2.05, 4.69) is 8.92 Å². The predicted molar refractivity (Wildman–Crippen MR) is 110 cm³/mol. The summed E-state index contributed by atoms with van der Waals surface area (Å²) in [6, 6.07) is 0. The highest BCUT2D eigenvalue weighted by Crippen LogP contribution is 2.52. The number of unbranched alkanes of at least 4 members (excludes halogenated alkanes) is 1. The number of alkyl halides is 8. The molecule has 0 radical (unpaired) electrons. The summed E-state index contributed by atoms with van der Waals surface area (Å²) >= 11 is 0. The molecule has 1 N–H and O–H groups in total. The van der Waals surface area contributed by atoms with Crippen LogP contribution in [0.2, 0.25) is 0 Å². The summed E-state index contributed by atoms with van der Waals surface area (Å²) in [5.74, 6) is -12.5. The second-order valence-corrected chi connectivity index (χ2v) is 11.7. The van der Waals surface area contributed by atoms with Crippen LogP contribution in [0.25, 0.3) is 0 Å². The molecule has 1 spiro atoms. The fourth-order valence-electron chi connectivity index (χ4n) is 4.05. The van der Waals surface area contributed by atoms with Crippen LogP contribution < -0.4 is 0 Å². The van der Waals surface area contributed by atoms with Gasteiger partial charge in [0.15, 0.2) is 24.0 Å². The van der Waals surface area contributed by atoms with Crippen molar-refractivity contribution >= 4 is 16.1 Å². The Kier molecular flexibility index (Phi) is 8.35. The third-order valence-electron chi connectivity index (χ3n) is 5.87. The number of ether oxygens (including phenoxy) is 6. The van der Waals surface area contributed by atoms with Gasteiger partial charge in [-0.3, -0.25) is 8.98 Å². The number of hydrogen-bond acceptors (Lipinski definition) is 10. The minimum atomic E-state index is -7.03. The van der Waals surface area contributed by atoms with Gasteiger partial charge in [0.2, 0.25) is 5.79 Å². The lowest BCUT2D eigenvalue weighted by Crippen LogP contribution is -2.58. The summed E-state index contributed by atoms with van der Waals surface area (Å²) in [6.45, 7) is 4.45. The maximum Gasteiger partial charge on any atom is 0.460 e. The maximum absolute atomic E-state index is 14.7. The molecule has 0 aliphatic carbocycles. The first-order chi connectivity index (χ1) is 17.8. The van der Waals surface area contributed by atoms with Crippen LogP contribution in [0.4, 0.5) is 35.1 Å². The molecule has 1 unspecified atom stereocenters. The molecule has 0 saturated carbocycles. The quantitative estimate of drug-likeness (QED) is 0.193. The third kappa shape index (κ3) is 6.18. The lowest BCUT2D eigenvalue weighted by Gasteiger charge is -2.35. The molecule has 0 aromatic carbocycles. The molecule has 234 valence electrons. The maximum atomic E-state index is 14.7. The first-order valence-electron chi connectivity index (χ1n) is 11.5. The number of halogens is 8. The highest BCUT2D eigenvalue weighted by atomic mass is 32.2. The number of aliphatic carboxylic acids is 1. The fraction of sp³-hybridized carbons (Fsp3) is 0.950. The molecule has 0 aromatic rings. The van der Waals surface area contributed by atoms with Gasteiger partial charge in [0.25, 0.3) is 0 Å². The molecular weight excluding hydrogens is 600 g/mol. The molecule has 3 rings (SSSR count). The summed E-state index contributed by atoms with van der Waals surface area (Å²) in [6.07, 6.45) is -23.0. The Hall–Kier alpha value is -1.42. The molecule has 0 bridgehead atoms. The zero-order valence-corrected chi connectivity index (χ0v) is 22.0. The summed E-state index contributed by atoms with van der Waals surface area (Å²) in [5, 5.41) is 1.75. The van der Waals surface area contributed by atoms with Gasteiger partial charge in [-0.1, -0.05) is 0 Å². The summed E-state index contributed by atoms with van der Waals surface area (Å²) in [5.41, 5.74) is 0. The van der Waals surface area contributed by atoms with E-state index in [0.717, 1.165) is 0 Å². The Morgan fingerprint density at radius 2 is 1.52 bits per heavy atom. The number of hydrogen-bond donors (Lipinski definition) is 1. The van der Waals surface area contributed by atoms with Crippen molar-refractivity contribution < 1.29 is 86.0 Å². The van der Waals surface area contributed by atoms with Gasteiger partial charge in [-0.15, -0.1) is 0 Å². The van der Waals surface area contributed by atoms with Gasteiger partial charge in [0.1, 0.15) is 12.7 Å². The van der Waals surface area contributed by atoms with Crippen molar-refractivity contribution in [2.45, 2.75) is 113 Å². The Morgan fingerprint density at radius 3 is 2.05 bits per heavy atom. The first kappa shape index (κ1) is 33.1. The normalized spacial score (nSPS) is 30.6. The van der Waals surface area contributed by atoms with E-state index in [4.69, 9.17) is 28.8 Å². The topological polar surface area (TPSA) is 136 Å². The van der Waals surface area contributed by atoms with E-state index >= 15 is 0 Å². The summed E-state index contributed by atoms with van der Waals surface area (Å²) in [4.78, 5) is 10.4. The van der Waals surface area contributed by atoms with Crippen molar-refractivity contribution in [1.82, 2.24) is 0 Å². The van der Waals surface area contributed by atoms with E-state index in [-0.39, 0.29) is 0 Å². The van der Waals surface area contributed by atoms with Crippen molar-refractivity contribution in [3.63, 3.8) is 0 Å². The van der Waals surface area contributed by atoms with Crippen LogP contribution in [0.5, 0.6) is 0 Å². The fourth-order valence-corrected chi connectivity index (χ4v) is 5.03. The molecule has 3 aliphatic heterocycles. The van der Waals surface area contributed by atoms with Crippen LogP contribution in [0, 0.1) is 0 Å². The second kappa shape index (κ2) is 10.1. The van der Waals surface area contributed by atoms with Crippen molar-refractivity contribution in [1.29, 1.82) is 0 Å². The predicted octanol–water partition coefficient (Wildman–Crippen LogP) is 3.76. The minimum absolute atomic E-state index is 0.589. The van der Waals surface area contributed by atoms with Crippen LogP contribution in [-0.4, -0.2) is 85.4 Å². The summed E-state index contributed by atoms with van der Waals surface area (Å²) < 4.78 is 172. The van der Waals surface area contributed by atoms with Crippen molar-refractivity contribution in [3.8, 4) is 0 Å². The van der Waals surface area contributed by atoms with Gasteiger partial charge >= 0.3 is 39.5 Å². The standard InChI is InChI=1S/C20H26F8O11S/c1-14(2)33-9-16(38-14)12(11-13(36-16)35-15(3,4)34-11)37-40(31,32)20(27,28)19(25,26)39-18(23,24)17(21,22)8-6-5-7-10(29)30/h11-13H,5-9H2,1-4H3,(H,29,30)/t11?,12-,13+,16+/m1/s1. The number of rotatable bonds is 12. The van der Waals surface area contributed by atoms with Crippen molar-refractivity contribution in [2.75, 3.05) is 6.61 Å². The van der Waals surface area contributed by atoms with Crippen LogP contribution in [-0.2, 0) is 47.5 Å². The van der Waals surface area contributed by atoms with E-state index < -0.39 is 108 Å². The molecule has 3 aliphatic rings. The van der Waals surface area contributed by atoms with E-state index in [1.807, 2.05) is 0 Å². The highest BCUT2D eigenvalue weighted by Gasteiger charge is 2.76. The number of fused-ring (bicyclic) bond motifs is 1. The molecular formula is C20H26F8O11S. The Morgan fingerprint density at radius 1 is 0.925 bits per heavy atom. The Bertz CT molecular complexity index is 1080. The molecule has 4 atom stereocenters. The molecule has 11 nitrogen and oxygen atoms in total. The van der Waals surface area contributed by atoms with E-state index in [0.29, 0.717) is 0 Å². The van der Waals surface area contributed by atoms with Crippen molar-refractivity contribution in [2.24, 2.45) is 0 Å². The second-order valence-electron chi connectivity index (χ2n) is 10.1. The minimum Gasteiger partial charge on any atom is -0.481 e. The molecule has 3 saturated heterocycles. The van der Waals surface area contributed by atoms with Crippen LogP contribution in [0.3, 0.4) is 0 Å².